The normalized spacial score (nSPS) is 14.3. The number of thioether (sulfide) groups is 1. The largest absolute Gasteiger partial charge is 0.494 e. The second-order valence-corrected chi connectivity index (χ2v) is 10.3. The number of benzene rings is 3. The Hall–Kier alpha value is -3.26. The number of halogens is 2. The van der Waals surface area contributed by atoms with Crippen molar-refractivity contribution in [3.8, 4) is 11.5 Å². The lowest BCUT2D eigenvalue weighted by Crippen LogP contribution is -2.30. The molecular weight excluding hydrogens is 543 g/mol. The van der Waals surface area contributed by atoms with Gasteiger partial charge in [-0.05, 0) is 87.0 Å². The Kier molecular flexibility index (Phi) is 9.15. The maximum absolute atomic E-state index is 13.5. The Bertz CT molecular complexity index is 1390. The molecule has 1 aliphatic rings. The molecular formula is C29H26Cl2N2O4S. The summed E-state index contributed by atoms with van der Waals surface area (Å²) < 4.78 is 11.2. The summed E-state index contributed by atoms with van der Waals surface area (Å²) >= 11 is 13.2. The van der Waals surface area contributed by atoms with Gasteiger partial charge in [0.2, 0.25) is 0 Å². The number of amides is 1. The molecule has 0 radical (unpaired) electrons. The van der Waals surface area contributed by atoms with Gasteiger partial charge in [-0.3, -0.25) is 14.5 Å². The molecule has 6 nitrogen and oxygen atoms in total. The maximum atomic E-state index is 13.5. The van der Waals surface area contributed by atoms with Gasteiger partial charge < -0.3 is 9.47 Å². The fraction of sp³-hybridized carbons (Fsp3) is 0.207. The van der Waals surface area contributed by atoms with Crippen molar-refractivity contribution in [2.45, 2.75) is 26.9 Å². The monoisotopic (exact) mass is 568 g/mol. The quantitative estimate of drug-likeness (QED) is 0.197. The molecule has 3 aromatic carbocycles. The van der Waals surface area contributed by atoms with Crippen molar-refractivity contribution >= 4 is 63.6 Å². The minimum atomic E-state index is -0.291. The van der Waals surface area contributed by atoms with E-state index in [9.17, 15) is 9.59 Å². The summed E-state index contributed by atoms with van der Waals surface area (Å²) in [6.45, 7) is 6.36. The predicted octanol–water partition coefficient (Wildman–Crippen LogP) is 7.54. The standard InChI is InChI=1S/C29H26Cl2N2O4S/c1-4-36-22-12-8-21(9-13-22)33-28(35)26(15-19-5-10-23(11-6-19)37-18(2)3)32-29(33)38-17-27(34)20-7-14-24(30)25(31)16-20/h5-16,18H,4,17H2,1-3H3/b26-15+. The van der Waals surface area contributed by atoms with Gasteiger partial charge in [-0.1, -0.05) is 47.1 Å². The summed E-state index contributed by atoms with van der Waals surface area (Å²) in [5.74, 6) is 1.06. The van der Waals surface area contributed by atoms with E-state index in [2.05, 4.69) is 4.99 Å². The van der Waals surface area contributed by atoms with Crippen LogP contribution in [0.5, 0.6) is 11.5 Å². The van der Waals surface area contributed by atoms with E-state index in [-0.39, 0.29) is 29.2 Å². The fourth-order valence-electron chi connectivity index (χ4n) is 3.63. The first kappa shape index (κ1) is 27.8. The molecule has 0 aromatic heterocycles. The predicted molar refractivity (Wildman–Crippen MR) is 156 cm³/mol. The summed E-state index contributed by atoms with van der Waals surface area (Å²) in [5, 5.41) is 1.09. The van der Waals surface area contributed by atoms with E-state index in [0.29, 0.717) is 38.8 Å². The number of hydrogen-bond donors (Lipinski definition) is 0. The summed E-state index contributed by atoms with van der Waals surface area (Å²) in [6, 6.07) is 19.4. The van der Waals surface area contributed by atoms with Crippen molar-refractivity contribution in [2.75, 3.05) is 17.3 Å². The average Bonchev–Trinajstić information content (AvgIpc) is 3.20. The number of amidine groups is 1. The first-order valence-corrected chi connectivity index (χ1v) is 13.7. The van der Waals surface area contributed by atoms with Gasteiger partial charge in [-0.25, -0.2) is 4.99 Å². The Labute approximate surface area is 236 Å². The van der Waals surface area contributed by atoms with Gasteiger partial charge >= 0.3 is 0 Å². The third-order valence-electron chi connectivity index (χ3n) is 5.36. The first-order chi connectivity index (χ1) is 18.2. The van der Waals surface area contributed by atoms with Crippen LogP contribution in [0, 0.1) is 0 Å². The number of Topliss-reactive ketones (excluding diaryl/α,β-unsaturated/α-hetero) is 1. The minimum Gasteiger partial charge on any atom is -0.494 e. The molecule has 0 saturated carbocycles. The lowest BCUT2D eigenvalue weighted by Gasteiger charge is -2.18. The zero-order valence-electron chi connectivity index (χ0n) is 21.1. The molecule has 196 valence electrons. The number of carbonyl (C=O) groups excluding carboxylic acids is 2. The van der Waals surface area contributed by atoms with E-state index in [1.165, 1.54) is 22.7 Å². The van der Waals surface area contributed by atoms with Gasteiger partial charge in [0.1, 0.15) is 17.2 Å². The van der Waals surface area contributed by atoms with Crippen molar-refractivity contribution in [2.24, 2.45) is 4.99 Å². The van der Waals surface area contributed by atoms with E-state index in [0.717, 1.165) is 11.3 Å². The Morgan fingerprint density at radius 3 is 2.32 bits per heavy atom. The Balaban J connectivity index is 1.60. The van der Waals surface area contributed by atoms with Gasteiger partial charge in [-0.15, -0.1) is 0 Å². The molecule has 3 aromatic rings. The molecule has 1 aliphatic heterocycles. The van der Waals surface area contributed by atoms with Crippen molar-refractivity contribution in [3.63, 3.8) is 0 Å². The van der Waals surface area contributed by atoms with Crippen molar-refractivity contribution < 1.29 is 19.1 Å². The summed E-state index contributed by atoms with van der Waals surface area (Å²) in [4.78, 5) is 32.5. The number of aliphatic imine (C=N–C) groups is 1. The molecule has 4 rings (SSSR count). The second-order valence-electron chi connectivity index (χ2n) is 8.57. The van der Waals surface area contributed by atoms with E-state index >= 15 is 0 Å². The molecule has 1 amide bonds. The van der Waals surface area contributed by atoms with E-state index in [4.69, 9.17) is 32.7 Å². The van der Waals surface area contributed by atoms with Crippen LogP contribution in [0.2, 0.25) is 10.0 Å². The van der Waals surface area contributed by atoms with E-state index < -0.39 is 0 Å². The highest BCUT2D eigenvalue weighted by atomic mass is 35.5. The van der Waals surface area contributed by atoms with Crippen LogP contribution in [0.1, 0.15) is 36.7 Å². The minimum absolute atomic E-state index is 0.0616. The smallest absolute Gasteiger partial charge is 0.283 e. The summed E-state index contributed by atoms with van der Waals surface area (Å²) in [5.41, 5.74) is 2.12. The van der Waals surface area contributed by atoms with Crippen LogP contribution >= 0.6 is 35.0 Å². The zero-order chi connectivity index (χ0) is 27.2. The number of rotatable bonds is 9. The van der Waals surface area contributed by atoms with Gasteiger partial charge in [0, 0.05) is 5.56 Å². The van der Waals surface area contributed by atoms with Crippen molar-refractivity contribution in [1.29, 1.82) is 0 Å². The van der Waals surface area contributed by atoms with Crippen LogP contribution in [-0.4, -0.2) is 35.3 Å². The number of hydrogen-bond acceptors (Lipinski definition) is 6. The van der Waals surface area contributed by atoms with Crippen LogP contribution in [0.3, 0.4) is 0 Å². The SMILES string of the molecule is CCOc1ccc(N2C(=O)/C(=C\c3ccc(OC(C)C)cc3)N=C2SCC(=O)c2ccc(Cl)c(Cl)c2)cc1. The molecule has 0 unspecified atom stereocenters. The Morgan fingerprint density at radius 1 is 1.00 bits per heavy atom. The van der Waals surface area contributed by atoms with Gasteiger partial charge in [0.05, 0.1) is 34.2 Å². The maximum Gasteiger partial charge on any atom is 0.283 e. The van der Waals surface area contributed by atoms with E-state index in [1.54, 1.807) is 42.5 Å². The van der Waals surface area contributed by atoms with Crippen LogP contribution in [0.25, 0.3) is 6.08 Å². The molecule has 0 aliphatic carbocycles. The number of carbonyl (C=O) groups is 2. The lowest BCUT2D eigenvalue weighted by atomic mass is 10.1. The molecule has 38 heavy (non-hydrogen) atoms. The number of anilines is 1. The number of nitrogens with zero attached hydrogens (tertiary/aromatic N) is 2. The molecule has 0 fully saturated rings. The topological polar surface area (TPSA) is 68.2 Å². The molecule has 0 atom stereocenters. The average molecular weight is 570 g/mol. The fourth-order valence-corrected chi connectivity index (χ4v) is 4.84. The molecule has 1 heterocycles. The highest BCUT2D eigenvalue weighted by Crippen LogP contribution is 2.31. The molecule has 0 bridgehead atoms. The molecule has 0 saturated heterocycles. The second kappa shape index (κ2) is 12.5. The van der Waals surface area contributed by atoms with Crippen LogP contribution in [0.15, 0.2) is 77.4 Å². The highest BCUT2D eigenvalue weighted by Gasteiger charge is 2.32. The highest BCUT2D eigenvalue weighted by molar-refractivity contribution is 8.14. The van der Waals surface area contributed by atoms with Gasteiger partial charge in [0.25, 0.3) is 5.91 Å². The van der Waals surface area contributed by atoms with Crippen molar-refractivity contribution in [3.05, 3.63) is 93.6 Å². The van der Waals surface area contributed by atoms with Crippen LogP contribution < -0.4 is 14.4 Å². The number of ether oxygens (including phenoxy) is 2. The van der Waals surface area contributed by atoms with Crippen LogP contribution in [-0.2, 0) is 4.79 Å². The third kappa shape index (κ3) is 6.78. The lowest BCUT2D eigenvalue weighted by molar-refractivity contribution is -0.113. The third-order valence-corrected chi connectivity index (χ3v) is 7.04. The molecule has 0 spiro atoms. The molecule has 9 heteroatoms. The Morgan fingerprint density at radius 2 is 1.68 bits per heavy atom. The van der Waals surface area contributed by atoms with Crippen LogP contribution in [0.4, 0.5) is 5.69 Å². The van der Waals surface area contributed by atoms with Gasteiger partial charge in [0.15, 0.2) is 11.0 Å². The van der Waals surface area contributed by atoms with E-state index in [1.807, 2.05) is 45.0 Å². The molecule has 0 N–H and O–H groups in total. The zero-order valence-corrected chi connectivity index (χ0v) is 23.4. The van der Waals surface area contributed by atoms with Crippen molar-refractivity contribution in [1.82, 2.24) is 0 Å². The number of ketones is 1. The summed E-state index contributed by atoms with van der Waals surface area (Å²) in [7, 11) is 0. The summed E-state index contributed by atoms with van der Waals surface area (Å²) in [6.07, 6.45) is 1.78. The first-order valence-electron chi connectivity index (χ1n) is 12.0. The van der Waals surface area contributed by atoms with Gasteiger partial charge in [-0.2, -0.15) is 0 Å².